The SMILES string of the molecule is C=CC(CC(=O)N1CCCC1CC(O)c1ccco1)c1ccccc1. The lowest BCUT2D eigenvalue weighted by Crippen LogP contribution is -2.37. The number of hydrogen-bond acceptors (Lipinski definition) is 3. The van der Waals surface area contributed by atoms with Crippen molar-refractivity contribution in [3.63, 3.8) is 0 Å². The average Bonchev–Trinajstić information content (AvgIpc) is 3.32. The molecule has 0 spiro atoms. The number of benzene rings is 1. The van der Waals surface area contributed by atoms with Crippen LogP contribution in [0.4, 0.5) is 0 Å². The van der Waals surface area contributed by atoms with E-state index in [1.165, 1.54) is 0 Å². The highest BCUT2D eigenvalue weighted by Crippen LogP contribution is 2.30. The summed E-state index contributed by atoms with van der Waals surface area (Å²) < 4.78 is 5.27. The van der Waals surface area contributed by atoms with Crippen LogP contribution in [-0.2, 0) is 4.79 Å². The molecule has 0 radical (unpaired) electrons. The highest BCUT2D eigenvalue weighted by molar-refractivity contribution is 5.78. The molecule has 1 amide bonds. The zero-order chi connectivity index (χ0) is 17.6. The zero-order valence-corrected chi connectivity index (χ0v) is 14.4. The van der Waals surface area contributed by atoms with Crippen molar-refractivity contribution >= 4 is 5.91 Å². The van der Waals surface area contributed by atoms with Crippen LogP contribution in [-0.4, -0.2) is 28.5 Å². The number of likely N-dealkylation sites (tertiary alicyclic amines) is 1. The lowest BCUT2D eigenvalue weighted by Gasteiger charge is -2.27. The van der Waals surface area contributed by atoms with Gasteiger partial charge in [0.2, 0.25) is 5.91 Å². The van der Waals surface area contributed by atoms with Gasteiger partial charge in [0.15, 0.2) is 0 Å². The molecule has 1 saturated heterocycles. The number of aliphatic hydroxyl groups excluding tert-OH is 1. The Morgan fingerprint density at radius 2 is 2.12 bits per heavy atom. The van der Waals surface area contributed by atoms with Crippen LogP contribution in [0.1, 0.15) is 49.0 Å². The van der Waals surface area contributed by atoms with Crippen LogP contribution in [0, 0.1) is 0 Å². The Morgan fingerprint density at radius 1 is 1.32 bits per heavy atom. The van der Waals surface area contributed by atoms with E-state index in [1.54, 1.807) is 18.4 Å². The van der Waals surface area contributed by atoms with E-state index in [4.69, 9.17) is 4.42 Å². The van der Waals surface area contributed by atoms with Crippen LogP contribution in [0.2, 0.25) is 0 Å². The number of nitrogens with zero attached hydrogens (tertiary/aromatic N) is 1. The maximum atomic E-state index is 12.8. The normalized spacial score (nSPS) is 19.6. The van der Waals surface area contributed by atoms with E-state index < -0.39 is 6.10 Å². The summed E-state index contributed by atoms with van der Waals surface area (Å²) in [5.41, 5.74) is 1.11. The Balaban J connectivity index is 1.63. The monoisotopic (exact) mass is 339 g/mol. The molecule has 1 aliphatic rings. The second-order valence-electron chi connectivity index (χ2n) is 6.61. The predicted octanol–water partition coefficient (Wildman–Crippen LogP) is 4.05. The third-order valence-electron chi connectivity index (χ3n) is 4.97. The van der Waals surface area contributed by atoms with E-state index in [2.05, 4.69) is 6.58 Å². The standard InChI is InChI=1S/C21H25NO3/c1-2-16(17-8-4-3-5-9-17)14-21(24)22-12-6-10-18(22)15-19(23)20-11-7-13-25-20/h2-5,7-9,11,13,16,18-19,23H,1,6,10,12,14-15H2. The van der Waals surface area contributed by atoms with Gasteiger partial charge in [0.25, 0.3) is 0 Å². The molecular formula is C21H25NO3. The first kappa shape index (κ1) is 17.5. The molecule has 0 bridgehead atoms. The average molecular weight is 339 g/mol. The fourth-order valence-electron chi connectivity index (χ4n) is 3.61. The van der Waals surface area contributed by atoms with E-state index in [-0.39, 0.29) is 17.9 Å². The van der Waals surface area contributed by atoms with Gasteiger partial charge in [-0.2, -0.15) is 0 Å². The number of carbonyl (C=O) groups is 1. The minimum Gasteiger partial charge on any atom is -0.467 e. The molecule has 4 heteroatoms. The quantitative estimate of drug-likeness (QED) is 0.774. The van der Waals surface area contributed by atoms with Crippen molar-refractivity contribution in [2.45, 2.75) is 43.7 Å². The number of furan rings is 1. The molecule has 2 heterocycles. The Hall–Kier alpha value is -2.33. The van der Waals surface area contributed by atoms with Crippen molar-refractivity contribution in [2.24, 2.45) is 0 Å². The molecule has 0 aliphatic carbocycles. The number of hydrogen-bond donors (Lipinski definition) is 1. The number of amides is 1. The highest BCUT2D eigenvalue weighted by Gasteiger charge is 2.32. The van der Waals surface area contributed by atoms with Crippen molar-refractivity contribution in [1.82, 2.24) is 4.90 Å². The molecule has 2 aromatic rings. The summed E-state index contributed by atoms with van der Waals surface area (Å²) in [5.74, 6) is 0.709. The van der Waals surface area contributed by atoms with Crippen molar-refractivity contribution in [3.05, 3.63) is 72.7 Å². The Kier molecular flexibility index (Phi) is 5.71. The van der Waals surface area contributed by atoms with Gasteiger partial charge in [0.1, 0.15) is 11.9 Å². The van der Waals surface area contributed by atoms with Gasteiger partial charge in [-0.1, -0.05) is 36.4 Å². The van der Waals surface area contributed by atoms with Crippen molar-refractivity contribution in [2.75, 3.05) is 6.54 Å². The number of allylic oxidation sites excluding steroid dienone is 1. The van der Waals surface area contributed by atoms with Crippen LogP contribution >= 0.6 is 0 Å². The minimum atomic E-state index is -0.669. The third kappa shape index (κ3) is 4.20. The van der Waals surface area contributed by atoms with Gasteiger partial charge in [0, 0.05) is 31.3 Å². The second-order valence-corrected chi connectivity index (χ2v) is 6.61. The first-order chi connectivity index (χ1) is 12.2. The van der Waals surface area contributed by atoms with Gasteiger partial charge in [-0.05, 0) is 30.5 Å². The number of rotatable bonds is 7. The summed E-state index contributed by atoms with van der Waals surface area (Å²) in [6.07, 6.45) is 5.57. The Morgan fingerprint density at radius 3 is 2.80 bits per heavy atom. The highest BCUT2D eigenvalue weighted by atomic mass is 16.4. The molecule has 1 aromatic carbocycles. The molecule has 3 rings (SSSR count). The molecule has 1 aliphatic heterocycles. The summed E-state index contributed by atoms with van der Waals surface area (Å²) in [6.45, 7) is 4.65. The molecular weight excluding hydrogens is 314 g/mol. The van der Waals surface area contributed by atoms with Gasteiger partial charge in [-0.25, -0.2) is 0 Å². The predicted molar refractivity (Wildman–Crippen MR) is 97.0 cm³/mol. The van der Waals surface area contributed by atoms with E-state index in [0.717, 1.165) is 24.9 Å². The smallest absolute Gasteiger partial charge is 0.223 e. The first-order valence-electron chi connectivity index (χ1n) is 8.87. The molecule has 1 aromatic heterocycles. The van der Waals surface area contributed by atoms with Crippen LogP contribution in [0.5, 0.6) is 0 Å². The molecule has 3 unspecified atom stereocenters. The van der Waals surface area contributed by atoms with Gasteiger partial charge in [-0.3, -0.25) is 4.79 Å². The lowest BCUT2D eigenvalue weighted by molar-refractivity contribution is -0.132. The largest absolute Gasteiger partial charge is 0.467 e. The summed E-state index contributed by atoms with van der Waals surface area (Å²) in [5, 5.41) is 10.3. The van der Waals surface area contributed by atoms with E-state index in [0.29, 0.717) is 18.6 Å². The first-order valence-corrected chi connectivity index (χ1v) is 8.87. The van der Waals surface area contributed by atoms with Gasteiger partial charge in [0.05, 0.1) is 6.26 Å². The molecule has 0 saturated carbocycles. The maximum Gasteiger partial charge on any atom is 0.223 e. The summed E-state index contributed by atoms with van der Waals surface area (Å²) in [7, 11) is 0. The maximum absolute atomic E-state index is 12.8. The van der Waals surface area contributed by atoms with Crippen LogP contribution < -0.4 is 0 Å². The van der Waals surface area contributed by atoms with E-state index in [9.17, 15) is 9.90 Å². The van der Waals surface area contributed by atoms with Crippen molar-refractivity contribution in [3.8, 4) is 0 Å². The van der Waals surface area contributed by atoms with Crippen LogP contribution in [0.25, 0.3) is 0 Å². The third-order valence-corrected chi connectivity index (χ3v) is 4.97. The molecule has 1 fully saturated rings. The fourth-order valence-corrected chi connectivity index (χ4v) is 3.61. The van der Waals surface area contributed by atoms with Crippen LogP contribution in [0.3, 0.4) is 0 Å². The molecule has 4 nitrogen and oxygen atoms in total. The Labute approximate surface area is 148 Å². The topological polar surface area (TPSA) is 53.7 Å². The van der Waals surface area contributed by atoms with Crippen molar-refractivity contribution in [1.29, 1.82) is 0 Å². The molecule has 3 atom stereocenters. The van der Waals surface area contributed by atoms with Gasteiger partial charge >= 0.3 is 0 Å². The second kappa shape index (κ2) is 8.17. The van der Waals surface area contributed by atoms with Crippen LogP contribution in [0.15, 0.2) is 65.8 Å². The number of aliphatic hydroxyl groups is 1. The fraction of sp³-hybridized carbons (Fsp3) is 0.381. The Bertz CT molecular complexity index is 680. The molecule has 132 valence electrons. The van der Waals surface area contributed by atoms with Crippen molar-refractivity contribution < 1.29 is 14.3 Å². The van der Waals surface area contributed by atoms with Gasteiger partial charge < -0.3 is 14.4 Å². The molecule has 25 heavy (non-hydrogen) atoms. The summed E-state index contributed by atoms with van der Waals surface area (Å²) in [4.78, 5) is 14.8. The number of carbonyl (C=O) groups excluding carboxylic acids is 1. The molecule has 1 N–H and O–H groups in total. The lowest BCUT2D eigenvalue weighted by atomic mass is 9.95. The minimum absolute atomic E-state index is 0.0185. The van der Waals surface area contributed by atoms with E-state index >= 15 is 0 Å². The van der Waals surface area contributed by atoms with E-state index in [1.807, 2.05) is 41.3 Å². The zero-order valence-electron chi connectivity index (χ0n) is 14.4. The summed E-state index contributed by atoms with van der Waals surface area (Å²) >= 11 is 0. The van der Waals surface area contributed by atoms with Gasteiger partial charge in [-0.15, -0.1) is 6.58 Å². The summed E-state index contributed by atoms with van der Waals surface area (Å²) in [6, 6.07) is 13.6.